The summed E-state index contributed by atoms with van der Waals surface area (Å²) in [5, 5.41) is 1.28. The monoisotopic (exact) mass is 352 g/mol. The van der Waals surface area contributed by atoms with Gasteiger partial charge in [-0.25, -0.2) is 0 Å². The third-order valence-electron chi connectivity index (χ3n) is 4.94. The van der Waals surface area contributed by atoms with Crippen LogP contribution in [0.25, 0.3) is 22.2 Å². The molecule has 138 valence electrons. The Morgan fingerprint density at radius 3 is 2.35 bits per heavy atom. The number of hydrogen-bond donors (Lipinski definition) is 2. The molecule has 0 aliphatic rings. The second-order valence-electron chi connectivity index (χ2n) is 6.50. The van der Waals surface area contributed by atoms with Crippen LogP contribution in [-0.2, 0) is 12.8 Å². The van der Waals surface area contributed by atoms with E-state index < -0.39 is 0 Å². The highest BCUT2D eigenvalue weighted by atomic mass is 16.5. The maximum Gasteiger partial charge on any atom is 0.131 e. The molecule has 0 unspecified atom stereocenters. The molecule has 0 fully saturated rings. The summed E-state index contributed by atoms with van der Waals surface area (Å²) in [6, 6.07) is 12.6. The van der Waals surface area contributed by atoms with E-state index in [-0.39, 0.29) is 0 Å². The molecule has 0 radical (unpaired) electrons. The predicted octanol–water partition coefficient (Wildman–Crippen LogP) is 4.70. The summed E-state index contributed by atoms with van der Waals surface area (Å²) in [7, 11) is 3.40. The molecule has 0 saturated heterocycles. The molecule has 4 nitrogen and oxygen atoms in total. The van der Waals surface area contributed by atoms with E-state index in [1.807, 2.05) is 18.2 Å². The van der Waals surface area contributed by atoms with E-state index in [0.29, 0.717) is 0 Å². The standard InChI is InChI=1S/C22H28N2O2/c1-4-15-11-12-18-17(14-15)16(8-5-6-13-23)22(24-18)21-19(25-2)9-7-10-20(21)26-3/h7,9-12,14,24H,4-6,8,13,23H2,1-3H3. The van der Waals surface area contributed by atoms with Crippen molar-refractivity contribution in [2.24, 2.45) is 5.73 Å². The molecule has 0 bridgehead atoms. The second kappa shape index (κ2) is 8.28. The van der Waals surface area contributed by atoms with Gasteiger partial charge in [-0.05, 0) is 67.6 Å². The SMILES string of the molecule is CCc1ccc2[nH]c(-c3c(OC)cccc3OC)c(CCCCN)c2c1. The Morgan fingerprint density at radius 1 is 1.00 bits per heavy atom. The fourth-order valence-corrected chi connectivity index (χ4v) is 3.53. The molecule has 0 aliphatic heterocycles. The Kier molecular flexibility index (Phi) is 5.84. The molecular weight excluding hydrogens is 324 g/mol. The molecule has 0 atom stereocenters. The third-order valence-corrected chi connectivity index (χ3v) is 4.94. The Morgan fingerprint density at radius 2 is 1.73 bits per heavy atom. The Bertz CT molecular complexity index is 861. The van der Waals surface area contributed by atoms with E-state index in [0.717, 1.165) is 60.5 Å². The fraction of sp³-hybridized carbons (Fsp3) is 0.364. The number of H-pyrrole nitrogens is 1. The van der Waals surface area contributed by atoms with Gasteiger partial charge in [0.1, 0.15) is 11.5 Å². The van der Waals surface area contributed by atoms with Gasteiger partial charge in [-0.1, -0.05) is 19.1 Å². The van der Waals surface area contributed by atoms with Crippen molar-refractivity contribution in [1.29, 1.82) is 0 Å². The molecule has 3 aromatic rings. The molecule has 0 aliphatic carbocycles. The highest BCUT2D eigenvalue weighted by molar-refractivity contribution is 5.93. The van der Waals surface area contributed by atoms with E-state index in [1.165, 1.54) is 16.5 Å². The number of unbranched alkanes of at least 4 members (excludes halogenated alkanes) is 1. The summed E-state index contributed by atoms with van der Waals surface area (Å²) < 4.78 is 11.3. The van der Waals surface area contributed by atoms with E-state index in [4.69, 9.17) is 15.2 Å². The summed E-state index contributed by atoms with van der Waals surface area (Å²) in [4.78, 5) is 3.62. The smallest absolute Gasteiger partial charge is 0.131 e. The second-order valence-corrected chi connectivity index (χ2v) is 6.50. The van der Waals surface area contributed by atoms with Crippen LogP contribution in [0.1, 0.15) is 30.9 Å². The van der Waals surface area contributed by atoms with Crippen LogP contribution < -0.4 is 15.2 Å². The van der Waals surface area contributed by atoms with Crippen molar-refractivity contribution in [1.82, 2.24) is 4.98 Å². The average Bonchev–Trinajstić information content (AvgIpc) is 3.04. The summed E-state index contributed by atoms with van der Waals surface area (Å²) in [6.45, 7) is 2.90. The first-order valence-electron chi connectivity index (χ1n) is 9.28. The number of nitrogens with one attached hydrogen (secondary N) is 1. The van der Waals surface area contributed by atoms with Gasteiger partial charge in [-0.2, -0.15) is 0 Å². The highest BCUT2D eigenvalue weighted by Gasteiger charge is 2.20. The van der Waals surface area contributed by atoms with Crippen molar-refractivity contribution in [3.05, 3.63) is 47.5 Å². The molecule has 2 aromatic carbocycles. The summed E-state index contributed by atoms with van der Waals surface area (Å²) in [5.41, 5.74) is 11.6. The van der Waals surface area contributed by atoms with Crippen LogP contribution in [0.3, 0.4) is 0 Å². The maximum absolute atomic E-state index is 5.72. The molecule has 4 heteroatoms. The molecule has 3 N–H and O–H groups in total. The predicted molar refractivity (Wildman–Crippen MR) is 108 cm³/mol. The van der Waals surface area contributed by atoms with E-state index in [9.17, 15) is 0 Å². The molecule has 0 spiro atoms. The van der Waals surface area contributed by atoms with E-state index >= 15 is 0 Å². The lowest BCUT2D eigenvalue weighted by molar-refractivity contribution is 0.397. The highest BCUT2D eigenvalue weighted by Crippen LogP contribution is 2.42. The minimum absolute atomic E-state index is 0.718. The summed E-state index contributed by atoms with van der Waals surface area (Å²) in [5.74, 6) is 1.62. The van der Waals surface area contributed by atoms with Crippen LogP contribution in [0, 0.1) is 0 Å². The number of aryl methyl sites for hydroxylation is 2. The molecule has 0 amide bonds. The number of aromatic amines is 1. The lowest BCUT2D eigenvalue weighted by Gasteiger charge is -2.14. The van der Waals surface area contributed by atoms with Crippen molar-refractivity contribution in [3.63, 3.8) is 0 Å². The van der Waals surface area contributed by atoms with Gasteiger partial charge in [0.2, 0.25) is 0 Å². The minimum atomic E-state index is 0.718. The van der Waals surface area contributed by atoms with Gasteiger partial charge in [0.05, 0.1) is 25.5 Å². The number of fused-ring (bicyclic) bond motifs is 1. The van der Waals surface area contributed by atoms with Gasteiger partial charge in [0.25, 0.3) is 0 Å². The van der Waals surface area contributed by atoms with Crippen LogP contribution in [0.4, 0.5) is 0 Å². The number of nitrogens with two attached hydrogens (primary N) is 1. The van der Waals surface area contributed by atoms with Crippen LogP contribution in [0.15, 0.2) is 36.4 Å². The van der Waals surface area contributed by atoms with Gasteiger partial charge < -0.3 is 20.2 Å². The Balaban J connectivity index is 2.23. The van der Waals surface area contributed by atoms with Crippen molar-refractivity contribution >= 4 is 10.9 Å². The summed E-state index contributed by atoms with van der Waals surface area (Å²) in [6.07, 6.45) is 4.07. The quantitative estimate of drug-likeness (QED) is 0.578. The number of rotatable bonds is 8. The lowest BCUT2D eigenvalue weighted by atomic mass is 9.98. The zero-order chi connectivity index (χ0) is 18.5. The molecular formula is C22H28N2O2. The van der Waals surface area contributed by atoms with Crippen molar-refractivity contribution < 1.29 is 9.47 Å². The van der Waals surface area contributed by atoms with Crippen LogP contribution in [-0.4, -0.2) is 25.7 Å². The van der Waals surface area contributed by atoms with Crippen LogP contribution in [0.5, 0.6) is 11.5 Å². The Hall–Kier alpha value is -2.46. The Labute approximate surface area is 155 Å². The molecule has 0 saturated carbocycles. The number of aromatic nitrogens is 1. The first kappa shape index (κ1) is 18.3. The van der Waals surface area contributed by atoms with Crippen molar-refractivity contribution in [2.75, 3.05) is 20.8 Å². The van der Waals surface area contributed by atoms with Gasteiger partial charge in [-0.15, -0.1) is 0 Å². The van der Waals surface area contributed by atoms with E-state index in [2.05, 4.69) is 30.1 Å². The number of ether oxygens (including phenoxy) is 2. The molecule has 3 rings (SSSR count). The van der Waals surface area contributed by atoms with Crippen molar-refractivity contribution in [2.45, 2.75) is 32.6 Å². The molecule has 1 aromatic heterocycles. The van der Waals surface area contributed by atoms with Gasteiger partial charge >= 0.3 is 0 Å². The van der Waals surface area contributed by atoms with Gasteiger partial charge in [0.15, 0.2) is 0 Å². The molecule has 26 heavy (non-hydrogen) atoms. The largest absolute Gasteiger partial charge is 0.496 e. The zero-order valence-electron chi connectivity index (χ0n) is 15.9. The number of hydrogen-bond acceptors (Lipinski definition) is 3. The first-order chi connectivity index (χ1) is 12.7. The van der Waals surface area contributed by atoms with Crippen LogP contribution in [0.2, 0.25) is 0 Å². The third kappa shape index (κ3) is 3.42. The summed E-state index contributed by atoms with van der Waals surface area (Å²) >= 11 is 0. The van der Waals surface area contributed by atoms with Crippen LogP contribution >= 0.6 is 0 Å². The number of methoxy groups -OCH3 is 2. The first-order valence-corrected chi connectivity index (χ1v) is 9.28. The topological polar surface area (TPSA) is 60.3 Å². The molecule has 1 heterocycles. The van der Waals surface area contributed by atoms with Gasteiger partial charge in [-0.3, -0.25) is 0 Å². The van der Waals surface area contributed by atoms with E-state index in [1.54, 1.807) is 14.2 Å². The lowest BCUT2D eigenvalue weighted by Crippen LogP contribution is -2.00. The zero-order valence-corrected chi connectivity index (χ0v) is 15.9. The van der Waals surface area contributed by atoms with Crippen molar-refractivity contribution in [3.8, 4) is 22.8 Å². The normalized spacial score (nSPS) is 11.1. The average molecular weight is 352 g/mol. The number of benzene rings is 2. The van der Waals surface area contributed by atoms with Gasteiger partial charge in [0, 0.05) is 10.9 Å². The minimum Gasteiger partial charge on any atom is -0.496 e. The maximum atomic E-state index is 5.72. The fourth-order valence-electron chi connectivity index (χ4n) is 3.53.